The fourth-order valence-electron chi connectivity index (χ4n) is 4.40. The van der Waals surface area contributed by atoms with Crippen LogP contribution in [0.3, 0.4) is 0 Å². The SMILES string of the molecule is COc1cccc(-c2nn(-c3ccc(OCc4ccccc4)cc3)c3c2CCCCN3)c1OC. The van der Waals surface area contributed by atoms with Gasteiger partial charge in [-0.1, -0.05) is 36.4 Å². The van der Waals surface area contributed by atoms with E-state index in [4.69, 9.17) is 19.3 Å². The lowest BCUT2D eigenvalue weighted by Crippen LogP contribution is -2.07. The molecule has 1 aliphatic rings. The molecule has 0 spiro atoms. The van der Waals surface area contributed by atoms with Crippen molar-refractivity contribution in [2.45, 2.75) is 25.9 Å². The minimum absolute atomic E-state index is 0.540. The quantitative estimate of drug-likeness (QED) is 0.377. The van der Waals surface area contributed by atoms with Gasteiger partial charge in [-0.2, -0.15) is 5.10 Å². The highest BCUT2D eigenvalue weighted by atomic mass is 16.5. The third-order valence-corrected chi connectivity index (χ3v) is 6.12. The van der Waals surface area contributed by atoms with Gasteiger partial charge in [0.2, 0.25) is 0 Å². The van der Waals surface area contributed by atoms with Gasteiger partial charge in [-0.05, 0) is 61.2 Å². The second kappa shape index (κ2) is 9.91. The highest BCUT2D eigenvalue weighted by Gasteiger charge is 2.24. The van der Waals surface area contributed by atoms with Crippen molar-refractivity contribution in [2.75, 3.05) is 26.1 Å². The van der Waals surface area contributed by atoms with Crippen LogP contribution in [-0.2, 0) is 13.0 Å². The molecule has 4 aromatic rings. The number of hydrogen-bond donors (Lipinski definition) is 1. The van der Waals surface area contributed by atoms with Crippen molar-refractivity contribution in [3.05, 3.63) is 83.9 Å². The van der Waals surface area contributed by atoms with Gasteiger partial charge in [0.15, 0.2) is 11.5 Å². The van der Waals surface area contributed by atoms with Gasteiger partial charge in [-0.3, -0.25) is 0 Å². The lowest BCUT2D eigenvalue weighted by molar-refractivity contribution is 0.306. The summed E-state index contributed by atoms with van der Waals surface area (Å²) in [6, 6.07) is 24.2. The molecule has 0 fully saturated rings. The van der Waals surface area contributed by atoms with Gasteiger partial charge in [0, 0.05) is 17.7 Å². The molecule has 1 N–H and O–H groups in total. The fraction of sp³-hybridized carbons (Fsp3) is 0.250. The Morgan fingerprint density at radius 3 is 2.47 bits per heavy atom. The maximum Gasteiger partial charge on any atom is 0.170 e. The Morgan fingerprint density at radius 2 is 1.71 bits per heavy atom. The van der Waals surface area contributed by atoms with Crippen LogP contribution in [0.4, 0.5) is 5.82 Å². The molecule has 174 valence electrons. The van der Waals surface area contributed by atoms with Crippen LogP contribution in [0.1, 0.15) is 24.0 Å². The third-order valence-electron chi connectivity index (χ3n) is 6.12. The third kappa shape index (κ3) is 4.31. The average Bonchev–Trinajstić information content (AvgIpc) is 3.07. The lowest BCUT2D eigenvalue weighted by atomic mass is 10.0. The van der Waals surface area contributed by atoms with Gasteiger partial charge in [0.1, 0.15) is 23.9 Å². The monoisotopic (exact) mass is 455 g/mol. The molecular formula is C28H29N3O3. The fourth-order valence-corrected chi connectivity index (χ4v) is 4.40. The number of aromatic nitrogens is 2. The number of para-hydroxylation sites is 1. The molecular weight excluding hydrogens is 426 g/mol. The number of benzene rings is 3. The van der Waals surface area contributed by atoms with Crippen molar-refractivity contribution in [1.29, 1.82) is 0 Å². The Kier molecular flexibility index (Phi) is 6.38. The molecule has 0 atom stereocenters. The number of ether oxygens (including phenoxy) is 3. The van der Waals surface area contributed by atoms with Gasteiger partial charge in [0.25, 0.3) is 0 Å². The van der Waals surface area contributed by atoms with E-state index in [1.807, 2.05) is 65.3 Å². The number of nitrogens with one attached hydrogen (secondary N) is 1. The summed E-state index contributed by atoms with van der Waals surface area (Å²) < 4.78 is 19.2. The molecule has 3 aromatic carbocycles. The van der Waals surface area contributed by atoms with Crippen molar-refractivity contribution in [2.24, 2.45) is 0 Å². The van der Waals surface area contributed by atoms with Crippen LogP contribution in [0.2, 0.25) is 0 Å². The summed E-state index contributed by atoms with van der Waals surface area (Å²) in [5.41, 5.74) is 5.18. The standard InChI is InChI=1S/C28H29N3O3/c1-32-25-13-8-12-23(27(25)33-2)26-24-11-6-7-18-29-28(24)31(30-26)21-14-16-22(17-15-21)34-19-20-9-4-3-5-10-20/h3-5,8-10,12-17,29H,6-7,11,18-19H2,1-2H3. The van der Waals surface area contributed by atoms with Gasteiger partial charge in [-0.15, -0.1) is 0 Å². The van der Waals surface area contributed by atoms with E-state index in [0.29, 0.717) is 18.1 Å². The lowest BCUT2D eigenvalue weighted by Gasteiger charge is -2.12. The van der Waals surface area contributed by atoms with Crippen molar-refractivity contribution >= 4 is 5.82 Å². The maximum absolute atomic E-state index is 5.97. The minimum Gasteiger partial charge on any atom is -0.493 e. The summed E-state index contributed by atoms with van der Waals surface area (Å²) in [5, 5.41) is 8.67. The van der Waals surface area contributed by atoms with E-state index >= 15 is 0 Å². The number of hydrogen-bond acceptors (Lipinski definition) is 5. The molecule has 1 aromatic heterocycles. The summed E-state index contributed by atoms with van der Waals surface area (Å²) in [6.07, 6.45) is 3.18. The molecule has 6 nitrogen and oxygen atoms in total. The summed E-state index contributed by atoms with van der Waals surface area (Å²) in [5.74, 6) is 3.26. The van der Waals surface area contributed by atoms with Crippen LogP contribution in [0.5, 0.6) is 17.2 Å². The molecule has 6 heteroatoms. The van der Waals surface area contributed by atoms with E-state index in [-0.39, 0.29) is 0 Å². The van der Waals surface area contributed by atoms with Crippen molar-refractivity contribution in [3.63, 3.8) is 0 Å². The summed E-state index contributed by atoms with van der Waals surface area (Å²) in [7, 11) is 3.33. The van der Waals surface area contributed by atoms with Crippen LogP contribution >= 0.6 is 0 Å². The first-order valence-electron chi connectivity index (χ1n) is 11.6. The van der Waals surface area contributed by atoms with Crippen molar-refractivity contribution in [3.8, 4) is 34.2 Å². The number of fused-ring (bicyclic) bond motifs is 1. The molecule has 0 unspecified atom stereocenters. The number of nitrogens with zero attached hydrogens (tertiary/aromatic N) is 2. The predicted molar refractivity (Wildman–Crippen MR) is 134 cm³/mol. The Hall–Kier alpha value is -3.93. The zero-order valence-electron chi connectivity index (χ0n) is 19.6. The number of rotatable bonds is 7. The highest BCUT2D eigenvalue weighted by Crippen LogP contribution is 2.42. The summed E-state index contributed by atoms with van der Waals surface area (Å²) in [4.78, 5) is 0. The first-order chi connectivity index (χ1) is 16.8. The zero-order valence-corrected chi connectivity index (χ0v) is 19.6. The molecule has 0 radical (unpaired) electrons. The molecule has 1 aliphatic heterocycles. The van der Waals surface area contributed by atoms with Gasteiger partial charge in [-0.25, -0.2) is 4.68 Å². The van der Waals surface area contributed by atoms with Crippen LogP contribution < -0.4 is 19.5 Å². The number of methoxy groups -OCH3 is 2. The molecule has 5 rings (SSSR count). The molecule has 0 bridgehead atoms. The Bertz CT molecular complexity index is 1250. The van der Waals surface area contributed by atoms with Gasteiger partial charge >= 0.3 is 0 Å². The number of anilines is 1. The van der Waals surface area contributed by atoms with E-state index in [9.17, 15) is 0 Å². The van der Waals surface area contributed by atoms with Crippen LogP contribution in [0.15, 0.2) is 72.8 Å². The first-order valence-corrected chi connectivity index (χ1v) is 11.6. The Morgan fingerprint density at radius 1 is 0.882 bits per heavy atom. The van der Waals surface area contributed by atoms with E-state index in [1.165, 1.54) is 5.56 Å². The molecule has 0 saturated heterocycles. The van der Waals surface area contributed by atoms with Crippen LogP contribution in [0.25, 0.3) is 16.9 Å². The molecule has 2 heterocycles. The van der Waals surface area contributed by atoms with Crippen molar-refractivity contribution in [1.82, 2.24) is 9.78 Å². The highest BCUT2D eigenvalue weighted by molar-refractivity contribution is 5.78. The Labute approximate surface area is 200 Å². The predicted octanol–water partition coefficient (Wildman–Crippen LogP) is 5.88. The molecule has 0 saturated carbocycles. The van der Waals surface area contributed by atoms with Crippen LogP contribution in [-0.4, -0.2) is 30.5 Å². The second-order valence-electron chi connectivity index (χ2n) is 8.28. The summed E-state index contributed by atoms with van der Waals surface area (Å²) in [6.45, 7) is 1.46. The van der Waals surface area contributed by atoms with E-state index in [0.717, 1.165) is 59.9 Å². The Balaban J connectivity index is 1.50. The van der Waals surface area contributed by atoms with Gasteiger partial charge in [0.05, 0.1) is 19.9 Å². The minimum atomic E-state index is 0.540. The average molecular weight is 456 g/mol. The van der Waals surface area contributed by atoms with Crippen LogP contribution in [0, 0.1) is 0 Å². The molecule has 34 heavy (non-hydrogen) atoms. The van der Waals surface area contributed by atoms with Gasteiger partial charge < -0.3 is 19.5 Å². The van der Waals surface area contributed by atoms with E-state index < -0.39 is 0 Å². The maximum atomic E-state index is 5.97. The first kappa shape index (κ1) is 21.9. The van der Waals surface area contributed by atoms with E-state index in [1.54, 1.807) is 14.2 Å². The van der Waals surface area contributed by atoms with E-state index in [2.05, 4.69) is 17.4 Å². The zero-order chi connectivity index (χ0) is 23.3. The molecule has 0 aliphatic carbocycles. The smallest absolute Gasteiger partial charge is 0.170 e. The summed E-state index contributed by atoms with van der Waals surface area (Å²) >= 11 is 0. The largest absolute Gasteiger partial charge is 0.493 e. The van der Waals surface area contributed by atoms with Crippen molar-refractivity contribution < 1.29 is 14.2 Å². The molecule has 0 amide bonds. The second-order valence-corrected chi connectivity index (χ2v) is 8.28. The normalized spacial score (nSPS) is 12.9. The topological polar surface area (TPSA) is 57.5 Å².